The van der Waals surface area contributed by atoms with Crippen molar-refractivity contribution in [3.8, 4) is 0 Å². The molecule has 0 fully saturated rings. The normalized spacial score (nSPS) is 24.3. The highest BCUT2D eigenvalue weighted by Gasteiger charge is 2.62. The number of nitro groups is 1. The summed E-state index contributed by atoms with van der Waals surface area (Å²) in [5, 5.41) is 15.0. The Morgan fingerprint density at radius 3 is 2.46 bits per heavy atom. The van der Waals surface area contributed by atoms with Gasteiger partial charge in [-0.3, -0.25) is 14.9 Å². The predicted octanol–water partition coefficient (Wildman–Crippen LogP) is 3.19. The number of allylic oxidation sites excluding steroid dienone is 1. The number of nitrogens with one attached hydrogen (secondary N) is 1. The maximum atomic E-state index is 12.6. The average molecular weight is 390 g/mol. The topological polar surface area (TPSA) is 108 Å². The molecule has 0 aromatic heterocycles. The maximum Gasteiger partial charge on any atom is 0.408 e. The molecule has 8 nitrogen and oxygen atoms in total. The van der Waals surface area contributed by atoms with Gasteiger partial charge < -0.3 is 14.8 Å². The van der Waals surface area contributed by atoms with E-state index < -0.39 is 40.1 Å². The number of ether oxygens (including phenoxy) is 2. The number of alkyl carbamates (subject to hydrolysis) is 1. The van der Waals surface area contributed by atoms with Gasteiger partial charge in [-0.25, -0.2) is 4.79 Å². The Kier molecular flexibility index (Phi) is 6.43. The molecule has 1 amide bonds. The van der Waals surface area contributed by atoms with Gasteiger partial charge in [0.25, 0.3) is 5.54 Å². The van der Waals surface area contributed by atoms with Crippen molar-refractivity contribution in [2.75, 3.05) is 6.61 Å². The SMILES string of the molecule is CCOC(=O)C1CC=CC(NC(=O)OC(C)(C)C)C1(c1ccccc1)[N+](=O)[O-]. The van der Waals surface area contributed by atoms with Crippen molar-refractivity contribution in [2.24, 2.45) is 5.92 Å². The minimum atomic E-state index is -1.92. The largest absolute Gasteiger partial charge is 0.466 e. The van der Waals surface area contributed by atoms with Crippen LogP contribution in [0, 0.1) is 16.0 Å². The first-order valence-corrected chi connectivity index (χ1v) is 9.15. The summed E-state index contributed by atoms with van der Waals surface area (Å²) in [6.45, 7) is 6.84. The Hall–Kier alpha value is -2.90. The van der Waals surface area contributed by atoms with E-state index in [1.165, 1.54) is 6.08 Å². The molecule has 3 unspecified atom stereocenters. The maximum absolute atomic E-state index is 12.6. The molecule has 0 aliphatic heterocycles. The molecule has 0 saturated heterocycles. The van der Waals surface area contributed by atoms with Crippen molar-refractivity contribution in [3.05, 3.63) is 58.2 Å². The van der Waals surface area contributed by atoms with Gasteiger partial charge in [0.15, 0.2) is 0 Å². The molecule has 1 aromatic rings. The fraction of sp³-hybridized carbons (Fsp3) is 0.500. The fourth-order valence-corrected chi connectivity index (χ4v) is 3.44. The number of hydrogen-bond donors (Lipinski definition) is 1. The van der Waals surface area contributed by atoms with Crippen LogP contribution in [-0.4, -0.2) is 35.2 Å². The van der Waals surface area contributed by atoms with Crippen molar-refractivity contribution in [2.45, 2.75) is 51.3 Å². The second kappa shape index (κ2) is 8.41. The minimum absolute atomic E-state index is 0.103. The summed E-state index contributed by atoms with van der Waals surface area (Å²) in [7, 11) is 0. The summed E-state index contributed by atoms with van der Waals surface area (Å²) in [5.41, 5.74) is -2.38. The third kappa shape index (κ3) is 4.32. The quantitative estimate of drug-likeness (QED) is 0.358. The van der Waals surface area contributed by atoms with Gasteiger partial charge in [-0.1, -0.05) is 42.5 Å². The van der Waals surface area contributed by atoms with Gasteiger partial charge in [0.2, 0.25) is 0 Å². The van der Waals surface area contributed by atoms with E-state index in [0.717, 1.165) is 0 Å². The fourth-order valence-electron chi connectivity index (χ4n) is 3.44. The van der Waals surface area contributed by atoms with Gasteiger partial charge in [0.05, 0.1) is 6.61 Å². The van der Waals surface area contributed by atoms with Crippen LogP contribution in [0.25, 0.3) is 0 Å². The number of carbonyl (C=O) groups is 2. The highest BCUT2D eigenvalue weighted by molar-refractivity contribution is 5.76. The lowest BCUT2D eigenvalue weighted by molar-refractivity contribution is -0.591. The summed E-state index contributed by atoms with van der Waals surface area (Å²) in [6.07, 6.45) is 2.51. The predicted molar refractivity (Wildman–Crippen MR) is 102 cm³/mol. The van der Waals surface area contributed by atoms with E-state index >= 15 is 0 Å². The number of hydrogen-bond acceptors (Lipinski definition) is 6. The zero-order valence-electron chi connectivity index (χ0n) is 16.5. The van der Waals surface area contributed by atoms with Crippen LogP contribution in [0.4, 0.5) is 4.79 Å². The van der Waals surface area contributed by atoms with Crippen LogP contribution >= 0.6 is 0 Å². The van der Waals surface area contributed by atoms with Gasteiger partial charge in [-0.05, 0) is 34.1 Å². The summed E-state index contributed by atoms with van der Waals surface area (Å²) >= 11 is 0. The summed E-state index contributed by atoms with van der Waals surface area (Å²) in [5.74, 6) is -1.78. The Morgan fingerprint density at radius 1 is 1.29 bits per heavy atom. The molecule has 1 aliphatic carbocycles. The van der Waals surface area contributed by atoms with E-state index in [9.17, 15) is 19.7 Å². The summed E-state index contributed by atoms with van der Waals surface area (Å²) < 4.78 is 10.4. The number of benzene rings is 1. The van der Waals surface area contributed by atoms with Crippen LogP contribution in [0.2, 0.25) is 0 Å². The van der Waals surface area contributed by atoms with Crippen molar-refractivity contribution in [1.82, 2.24) is 5.32 Å². The summed E-state index contributed by atoms with van der Waals surface area (Å²) in [6, 6.07) is 7.11. The highest BCUT2D eigenvalue weighted by atomic mass is 16.6. The molecule has 1 aliphatic rings. The number of esters is 1. The van der Waals surface area contributed by atoms with Crippen molar-refractivity contribution < 1.29 is 24.0 Å². The zero-order chi connectivity index (χ0) is 20.9. The van der Waals surface area contributed by atoms with Crippen molar-refractivity contribution >= 4 is 12.1 Å². The van der Waals surface area contributed by atoms with Crippen LogP contribution < -0.4 is 5.32 Å². The van der Waals surface area contributed by atoms with Gasteiger partial charge >= 0.3 is 12.1 Å². The Bertz CT molecular complexity index is 756. The van der Waals surface area contributed by atoms with Crippen LogP contribution in [0.1, 0.15) is 39.7 Å². The molecule has 28 heavy (non-hydrogen) atoms. The summed E-state index contributed by atoms with van der Waals surface area (Å²) in [4.78, 5) is 37.0. The number of carbonyl (C=O) groups excluding carboxylic acids is 2. The van der Waals surface area contributed by atoms with Gasteiger partial charge in [0.1, 0.15) is 17.6 Å². The number of nitrogens with zero attached hydrogens (tertiary/aromatic N) is 1. The third-order valence-corrected chi connectivity index (χ3v) is 4.49. The lowest BCUT2D eigenvalue weighted by Crippen LogP contribution is -2.61. The van der Waals surface area contributed by atoms with Crippen molar-refractivity contribution in [1.29, 1.82) is 0 Å². The van der Waals surface area contributed by atoms with E-state index in [0.29, 0.717) is 5.56 Å². The lowest BCUT2D eigenvalue weighted by Gasteiger charge is -2.39. The molecule has 2 rings (SSSR count). The third-order valence-electron chi connectivity index (χ3n) is 4.49. The molecule has 1 aromatic carbocycles. The monoisotopic (exact) mass is 390 g/mol. The second-order valence-electron chi connectivity index (χ2n) is 7.54. The number of amides is 1. The molecule has 0 saturated carbocycles. The molecule has 0 radical (unpaired) electrons. The van der Waals surface area contributed by atoms with E-state index in [-0.39, 0.29) is 13.0 Å². The first-order chi connectivity index (χ1) is 13.1. The molecule has 3 atom stereocenters. The Morgan fingerprint density at radius 2 is 1.93 bits per heavy atom. The lowest BCUT2D eigenvalue weighted by atomic mass is 9.68. The number of rotatable bonds is 5. The van der Waals surface area contributed by atoms with E-state index in [1.807, 2.05) is 0 Å². The first kappa shape index (κ1) is 21.4. The molecule has 8 heteroatoms. The molecule has 0 bridgehead atoms. The molecule has 0 spiro atoms. The first-order valence-electron chi connectivity index (χ1n) is 9.15. The average Bonchev–Trinajstić information content (AvgIpc) is 2.60. The Labute approximate surface area is 164 Å². The van der Waals surface area contributed by atoms with E-state index in [2.05, 4.69) is 5.32 Å². The molecule has 1 N–H and O–H groups in total. The zero-order valence-corrected chi connectivity index (χ0v) is 16.5. The molecule has 0 heterocycles. The van der Waals surface area contributed by atoms with Crippen LogP contribution in [0.5, 0.6) is 0 Å². The van der Waals surface area contributed by atoms with Gasteiger partial charge in [0, 0.05) is 10.5 Å². The standard InChI is InChI=1S/C20H26N2O6/c1-5-27-17(23)15-12-9-13-16(21-18(24)28-19(2,3)4)20(15,22(25)26)14-10-7-6-8-11-14/h6-11,13,15-16H,5,12H2,1-4H3,(H,21,24). The van der Waals surface area contributed by atoms with Gasteiger partial charge in [-0.2, -0.15) is 0 Å². The molecular weight excluding hydrogens is 364 g/mol. The Balaban J connectivity index is 2.56. The van der Waals surface area contributed by atoms with Crippen LogP contribution in [0.3, 0.4) is 0 Å². The second-order valence-corrected chi connectivity index (χ2v) is 7.54. The van der Waals surface area contributed by atoms with Crippen molar-refractivity contribution in [3.63, 3.8) is 0 Å². The smallest absolute Gasteiger partial charge is 0.408 e. The molecular formula is C20H26N2O6. The highest BCUT2D eigenvalue weighted by Crippen LogP contribution is 2.43. The van der Waals surface area contributed by atoms with E-state index in [4.69, 9.17) is 9.47 Å². The minimum Gasteiger partial charge on any atom is -0.466 e. The van der Waals surface area contributed by atoms with Crippen LogP contribution in [-0.2, 0) is 19.8 Å². The molecule has 152 valence electrons. The van der Waals surface area contributed by atoms with Gasteiger partial charge in [-0.15, -0.1) is 0 Å². The van der Waals surface area contributed by atoms with Crippen LogP contribution in [0.15, 0.2) is 42.5 Å². The van der Waals surface area contributed by atoms with E-state index in [1.54, 1.807) is 64.1 Å².